The fraction of sp³-hybridized carbons (Fsp3) is 1.00. The molecule has 3 heteroatoms. The second-order valence-electron chi connectivity index (χ2n) is 2.43. The minimum Gasteiger partial charge on any atom is -0.389 e. The highest BCUT2D eigenvalue weighted by Gasteiger charge is 2.19. The summed E-state index contributed by atoms with van der Waals surface area (Å²) in [6, 6.07) is 0. The first-order valence-electron chi connectivity index (χ1n) is 3.33. The molecule has 0 aromatic rings. The first-order chi connectivity index (χ1) is 4.30. The summed E-state index contributed by atoms with van der Waals surface area (Å²) >= 11 is 0. The molecule has 0 saturated carbocycles. The van der Waals surface area contributed by atoms with Gasteiger partial charge in [0.1, 0.15) is 6.17 Å². The number of aliphatic hydroxyl groups excluding tert-OH is 1. The third kappa shape index (κ3) is 1.91. The second kappa shape index (κ2) is 3.13. The summed E-state index contributed by atoms with van der Waals surface area (Å²) in [5.41, 5.74) is 0. The number of rotatable bonds is 0. The lowest BCUT2D eigenvalue weighted by Gasteiger charge is -2.09. The van der Waals surface area contributed by atoms with Crippen molar-refractivity contribution in [3.8, 4) is 0 Å². The van der Waals surface area contributed by atoms with Crippen molar-refractivity contribution < 1.29 is 9.50 Å². The highest BCUT2D eigenvalue weighted by atomic mass is 19.1. The lowest BCUT2D eigenvalue weighted by molar-refractivity contribution is 0.0813. The molecule has 0 aliphatic carbocycles. The van der Waals surface area contributed by atoms with Gasteiger partial charge < -0.3 is 10.4 Å². The number of alkyl halides is 1. The number of nitrogens with one attached hydrogen (secondary N) is 1. The standard InChI is InChI=1S/C6H12FNO/c7-5-2-1-3-8-4-6(5)9/h5-6,8-9H,1-4H2/t5-,6+/m1/s1. The SMILES string of the molecule is O[C@H]1CNCCC[C@H]1F. The van der Waals surface area contributed by atoms with E-state index in [4.69, 9.17) is 5.11 Å². The molecule has 0 bridgehead atoms. The van der Waals surface area contributed by atoms with E-state index in [2.05, 4.69) is 5.32 Å². The molecule has 1 aliphatic rings. The summed E-state index contributed by atoms with van der Waals surface area (Å²) in [5, 5.41) is 11.9. The topological polar surface area (TPSA) is 32.3 Å². The minimum absolute atomic E-state index is 0.404. The zero-order valence-corrected chi connectivity index (χ0v) is 5.31. The number of halogens is 1. The van der Waals surface area contributed by atoms with Crippen LogP contribution in [-0.4, -0.2) is 30.5 Å². The Balaban J connectivity index is 2.32. The normalized spacial score (nSPS) is 38.0. The Labute approximate surface area is 54.1 Å². The maximum absolute atomic E-state index is 12.5. The van der Waals surface area contributed by atoms with Gasteiger partial charge in [-0.05, 0) is 19.4 Å². The molecule has 0 amide bonds. The van der Waals surface area contributed by atoms with Crippen LogP contribution in [0.3, 0.4) is 0 Å². The van der Waals surface area contributed by atoms with Gasteiger partial charge in [-0.2, -0.15) is 0 Å². The lowest BCUT2D eigenvalue weighted by atomic mass is 10.1. The molecule has 0 aromatic carbocycles. The Morgan fingerprint density at radius 2 is 2.33 bits per heavy atom. The summed E-state index contributed by atoms with van der Waals surface area (Å²) in [4.78, 5) is 0. The summed E-state index contributed by atoms with van der Waals surface area (Å²) in [5.74, 6) is 0. The fourth-order valence-electron chi connectivity index (χ4n) is 0.992. The van der Waals surface area contributed by atoms with Crippen molar-refractivity contribution >= 4 is 0 Å². The number of β-amino-alcohol motifs (C(OH)–C–C–N with tert-alkyl or cyclic N) is 1. The predicted octanol–water partition coefficient (Wildman–Crippen LogP) is 0.0688. The van der Waals surface area contributed by atoms with Gasteiger partial charge in [0, 0.05) is 6.54 Å². The maximum atomic E-state index is 12.5. The van der Waals surface area contributed by atoms with Crippen molar-refractivity contribution in [1.82, 2.24) is 5.32 Å². The highest BCUT2D eigenvalue weighted by Crippen LogP contribution is 2.08. The van der Waals surface area contributed by atoms with Crippen LogP contribution in [0.25, 0.3) is 0 Å². The Hall–Kier alpha value is -0.150. The van der Waals surface area contributed by atoms with Gasteiger partial charge >= 0.3 is 0 Å². The molecule has 0 unspecified atom stereocenters. The van der Waals surface area contributed by atoms with E-state index in [0.717, 1.165) is 13.0 Å². The average molecular weight is 133 g/mol. The van der Waals surface area contributed by atoms with E-state index in [1.807, 2.05) is 0 Å². The van der Waals surface area contributed by atoms with Crippen molar-refractivity contribution in [2.75, 3.05) is 13.1 Å². The van der Waals surface area contributed by atoms with Gasteiger partial charge in [0.05, 0.1) is 6.10 Å². The van der Waals surface area contributed by atoms with E-state index in [9.17, 15) is 4.39 Å². The van der Waals surface area contributed by atoms with E-state index >= 15 is 0 Å². The van der Waals surface area contributed by atoms with Gasteiger partial charge in [-0.25, -0.2) is 4.39 Å². The number of aliphatic hydroxyl groups is 1. The van der Waals surface area contributed by atoms with Crippen molar-refractivity contribution in [3.63, 3.8) is 0 Å². The number of hydrogen-bond donors (Lipinski definition) is 2. The minimum atomic E-state index is -1.01. The quantitative estimate of drug-likeness (QED) is 0.490. The molecule has 1 saturated heterocycles. The molecule has 1 rings (SSSR count). The van der Waals surface area contributed by atoms with Gasteiger partial charge in [-0.3, -0.25) is 0 Å². The molecule has 1 aliphatic heterocycles. The van der Waals surface area contributed by atoms with Crippen molar-refractivity contribution in [1.29, 1.82) is 0 Å². The van der Waals surface area contributed by atoms with Gasteiger partial charge in [-0.15, -0.1) is 0 Å². The first kappa shape index (κ1) is 6.96. The molecule has 9 heavy (non-hydrogen) atoms. The fourth-order valence-corrected chi connectivity index (χ4v) is 0.992. The van der Waals surface area contributed by atoms with E-state index in [1.165, 1.54) is 0 Å². The third-order valence-electron chi connectivity index (χ3n) is 1.60. The van der Waals surface area contributed by atoms with E-state index in [0.29, 0.717) is 13.0 Å². The summed E-state index contributed by atoms with van der Waals surface area (Å²) in [6.07, 6.45) is -0.473. The molecule has 2 nitrogen and oxygen atoms in total. The molecular formula is C6H12FNO. The van der Waals surface area contributed by atoms with Crippen molar-refractivity contribution in [2.24, 2.45) is 0 Å². The van der Waals surface area contributed by atoms with Crippen LogP contribution in [0.4, 0.5) is 4.39 Å². The van der Waals surface area contributed by atoms with Crippen LogP contribution in [0.1, 0.15) is 12.8 Å². The van der Waals surface area contributed by atoms with E-state index < -0.39 is 12.3 Å². The van der Waals surface area contributed by atoms with Crippen LogP contribution in [0.2, 0.25) is 0 Å². The Bertz CT molecular complexity index is 79.1. The van der Waals surface area contributed by atoms with Crippen LogP contribution < -0.4 is 5.32 Å². The lowest BCUT2D eigenvalue weighted by Crippen LogP contribution is -2.30. The molecular weight excluding hydrogens is 121 g/mol. The van der Waals surface area contributed by atoms with Gasteiger partial charge in [-0.1, -0.05) is 0 Å². The monoisotopic (exact) mass is 133 g/mol. The van der Waals surface area contributed by atoms with E-state index in [1.54, 1.807) is 0 Å². The van der Waals surface area contributed by atoms with Crippen LogP contribution in [0.15, 0.2) is 0 Å². The van der Waals surface area contributed by atoms with Crippen LogP contribution >= 0.6 is 0 Å². The van der Waals surface area contributed by atoms with Crippen LogP contribution in [0, 0.1) is 0 Å². The molecule has 2 N–H and O–H groups in total. The molecule has 0 spiro atoms. The van der Waals surface area contributed by atoms with Gasteiger partial charge in [0.25, 0.3) is 0 Å². The Morgan fingerprint density at radius 3 is 3.11 bits per heavy atom. The highest BCUT2D eigenvalue weighted by molar-refractivity contribution is 4.73. The second-order valence-corrected chi connectivity index (χ2v) is 2.43. The number of hydrogen-bond acceptors (Lipinski definition) is 2. The summed E-state index contributed by atoms with van der Waals surface area (Å²) in [6.45, 7) is 1.23. The van der Waals surface area contributed by atoms with Crippen molar-refractivity contribution in [3.05, 3.63) is 0 Å². The first-order valence-corrected chi connectivity index (χ1v) is 3.33. The molecule has 54 valence electrons. The summed E-state index contributed by atoms with van der Waals surface area (Å²) in [7, 11) is 0. The summed E-state index contributed by atoms with van der Waals surface area (Å²) < 4.78 is 12.5. The van der Waals surface area contributed by atoms with Gasteiger partial charge in [0.15, 0.2) is 0 Å². The maximum Gasteiger partial charge on any atom is 0.127 e. The zero-order valence-electron chi connectivity index (χ0n) is 5.31. The third-order valence-corrected chi connectivity index (χ3v) is 1.60. The van der Waals surface area contributed by atoms with Gasteiger partial charge in [0.2, 0.25) is 0 Å². The Morgan fingerprint density at radius 1 is 1.56 bits per heavy atom. The van der Waals surface area contributed by atoms with E-state index in [-0.39, 0.29) is 0 Å². The predicted molar refractivity (Wildman–Crippen MR) is 33.0 cm³/mol. The zero-order chi connectivity index (χ0) is 6.69. The average Bonchev–Trinajstić information content (AvgIpc) is 1.99. The largest absolute Gasteiger partial charge is 0.389 e. The van der Waals surface area contributed by atoms with Crippen LogP contribution in [0.5, 0.6) is 0 Å². The molecule has 0 radical (unpaired) electrons. The molecule has 2 atom stereocenters. The molecule has 0 aromatic heterocycles. The smallest absolute Gasteiger partial charge is 0.127 e. The van der Waals surface area contributed by atoms with Crippen LogP contribution in [-0.2, 0) is 0 Å². The Kier molecular flexibility index (Phi) is 2.42. The van der Waals surface area contributed by atoms with Crippen molar-refractivity contribution in [2.45, 2.75) is 25.1 Å². The molecule has 1 heterocycles. The molecule has 1 fully saturated rings.